The summed E-state index contributed by atoms with van der Waals surface area (Å²) in [7, 11) is 3.41. The van der Waals surface area contributed by atoms with Crippen LogP contribution in [0.25, 0.3) is 0 Å². The van der Waals surface area contributed by atoms with Crippen LogP contribution in [0.3, 0.4) is 0 Å². The molecule has 2 aromatic rings. The van der Waals surface area contributed by atoms with Gasteiger partial charge in [-0.05, 0) is 29.3 Å². The number of nitrogens with zero attached hydrogens (tertiary/aromatic N) is 1. The second-order valence-corrected chi connectivity index (χ2v) is 4.97. The van der Waals surface area contributed by atoms with Crippen molar-refractivity contribution in [3.8, 4) is 5.75 Å². The predicted octanol–water partition coefficient (Wildman–Crippen LogP) is 2.48. The minimum Gasteiger partial charge on any atom is -0.497 e. The molecule has 4 nitrogen and oxygen atoms in total. The zero-order valence-corrected chi connectivity index (χ0v) is 12.4. The predicted molar refractivity (Wildman–Crippen MR) is 84.0 cm³/mol. The van der Waals surface area contributed by atoms with Crippen molar-refractivity contribution in [2.75, 3.05) is 19.9 Å². The van der Waals surface area contributed by atoms with Gasteiger partial charge in [-0.3, -0.25) is 4.79 Å². The number of ether oxygens (including phenoxy) is 1. The standard InChI is InChI=1S/C17H20N2O2/c1-19(12-14-5-3-4-6-16(14)18)17(20)11-13-7-9-15(21-2)10-8-13/h3-10H,11-12,18H2,1-2H3. The Balaban J connectivity index is 1.97. The van der Waals surface area contributed by atoms with Crippen LogP contribution in [-0.2, 0) is 17.8 Å². The highest BCUT2D eigenvalue weighted by molar-refractivity contribution is 5.78. The average molecular weight is 284 g/mol. The number of nitrogen functional groups attached to an aromatic ring is 1. The van der Waals surface area contributed by atoms with Crippen LogP contribution in [0, 0.1) is 0 Å². The van der Waals surface area contributed by atoms with Gasteiger partial charge in [-0.15, -0.1) is 0 Å². The number of para-hydroxylation sites is 1. The Bertz CT molecular complexity index is 608. The molecule has 0 fully saturated rings. The molecule has 0 aliphatic rings. The van der Waals surface area contributed by atoms with E-state index in [2.05, 4.69) is 0 Å². The SMILES string of the molecule is COc1ccc(CC(=O)N(C)Cc2ccccc2N)cc1. The minimum absolute atomic E-state index is 0.0587. The molecule has 0 spiro atoms. The summed E-state index contributed by atoms with van der Waals surface area (Å²) in [6, 6.07) is 15.1. The molecule has 2 rings (SSSR count). The van der Waals surface area contributed by atoms with Gasteiger partial charge < -0.3 is 15.4 Å². The molecule has 0 heterocycles. The van der Waals surface area contributed by atoms with Crippen molar-refractivity contribution in [2.45, 2.75) is 13.0 Å². The summed E-state index contributed by atoms with van der Waals surface area (Å²) in [5.74, 6) is 0.847. The third-order valence-electron chi connectivity index (χ3n) is 3.40. The lowest BCUT2D eigenvalue weighted by atomic mass is 10.1. The fourth-order valence-corrected chi connectivity index (χ4v) is 2.07. The highest BCUT2D eigenvalue weighted by Gasteiger charge is 2.11. The van der Waals surface area contributed by atoms with E-state index in [4.69, 9.17) is 10.5 Å². The van der Waals surface area contributed by atoms with Gasteiger partial charge in [0, 0.05) is 19.3 Å². The van der Waals surface area contributed by atoms with E-state index in [9.17, 15) is 4.79 Å². The maximum Gasteiger partial charge on any atom is 0.227 e. The molecule has 0 saturated carbocycles. The van der Waals surface area contributed by atoms with E-state index in [1.807, 2.05) is 48.5 Å². The molecule has 4 heteroatoms. The topological polar surface area (TPSA) is 55.6 Å². The van der Waals surface area contributed by atoms with Crippen molar-refractivity contribution < 1.29 is 9.53 Å². The van der Waals surface area contributed by atoms with Crippen molar-refractivity contribution in [1.29, 1.82) is 0 Å². The molecule has 0 unspecified atom stereocenters. The third kappa shape index (κ3) is 3.99. The van der Waals surface area contributed by atoms with E-state index >= 15 is 0 Å². The summed E-state index contributed by atoms with van der Waals surface area (Å²) in [5.41, 5.74) is 8.54. The molecule has 0 aliphatic carbocycles. The van der Waals surface area contributed by atoms with Crippen molar-refractivity contribution in [1.82, 2.24) is 4.90 Å². The second kappa shape index (κ2) is 6.79. The number of hydrogen-bond acceptors (Lipinski definition) is 3. The van der Waals surface area contributed by atoms with Crippen LogP contribution in [0.15, 0.2) is 48.5 Å². The molecule has 1 amide bonds. The van der Waals surface area contributed by atoms with Gasteiger partial charge in [0.15, 0.2) is 0 Å². The second-order valence-electron chi connectivity index (χ2n) is 4.97. The highest BCUT2D eigenvalue weighted by Crippen LogP contribution is 2.15. The summed E-state index contributed by atoms with van der Waals surface area (Å²) in [6.07, 6.45) is 0.368. The number of methoxy groups -OCH3 is 1. The van der Waals surface area contributed by atoms with Crippen LogP contribution in [0.5, 0.6) is 5.75 Å². The smallest absolute Gasteiger partial charge is 0.227 e. The summed E-state index contributed by atoms with van der Waals surface area (Å²) in [6.45, 7) is 0.516. The zero-order valence-electron chi connectivity index (χ0n) is 12.4. The van der Waals surface area contributed by atoms with E-state index in [1.165, 1.54) is 0 Å². The van der Waals surface area contributed by atoms with Gasteiger partial charge in [0.25, 0.3) is 0 Å². The number of carbonyl (C=O) groups is 1. The van der Waals surface area contributed by atoms with Crippen LogP contribution in [0.1, 0.15) is 11.1 Å². The van der Waals surface area contributed by atoms with Crippen LogP contribution in [-0.4, -0.2) is 25.0 Å². The van der Waals surface area contributed by atoms with Crippen molar-refractivity contribution in [2.24, 2.45) is 0 Å². The molecule has 0 radical (unpaired) electrons. The van der Waals surface area contributed by atoms with Crippen LogP contribution in [0.4, 0.5) is 5.69 Å². The monoisotopic (exact) mass is 284 g/mol. The Morgan fingerprint density at radius 2 is 1.81 bits per heavy atom. The summed E-state index contributed by atoms with van der Waals surface area (Å²) in [4.78, 5) is 13.9. The van der Waals surface area contributed by atoms with E-state index in [0.29, 0.717) is 18.7 Å². The molecule has 21 heavy (non-hydrogen) atoms. The number of benzene rings is 2. The van der Waals surface area contributed by atoms with Crippen LogP contribution < -0.4 is 10.5 Å². The van der Waals surface area contributed by atoms with E-state index in [1.54, 1.807) is 19.1 Å². The molecule has 2 aromatic carbocycles. The minimum atomic E-state index is 0.0587. The molecule has 0 aliphatic heterocycles. The maximum atomic E-state index is 12.2. The quantitative estimate of drug-likeness (QED) is 0.858. The average Bonchev–Trinajstić information content (AvgIpc) is 2.50. The van der Waals surface area contributed by atoms with Gasteiger partial charge in [0.2, 0.25) is 5.91 Å². The Hall–Kier alpha value is -2.49. The fraction of sp³-hybridized carbons (Fsp3) is 0.235. The number of anilines is 1. The van der Waals surface area contributed by atoms with E-state index in [0.717, 1.165) is 16.9 Å². The Morgan fingerprint density at radius 3 is 2.43 bits per heavy atom. The first-order valence-corrected chi connectivity index (χ1v) is 6.80. The molecule has 0 saturated heterocycles. The third-order valence-corrected chi connectivity index (χ3v) is 3.40. The fourth-order valence-electron chi connectivity index (χ4n) is 2.07. The number of hydrogen-bond donors (Lipinski definition) is 1. The molecule has 2 N–H and O–H groups in total. The van der Waals surface area contributed by atoms with Crippen LogP contribution >= 0.6 is 0 Å². The van der Waals surface area contributed by atoms with Gasteiger partial charge in [0.1, 0.15) is 5.75 Å². The van der Waals surface area contributed by atoms with Gasteiger partial charge in [-0.2, -0.15) is 0 Å². The first kappa shape index (κ1) is 14.9. The molecule has 110 valence electrons. The van der Waals surface area contributed by atoms with Gasteiger partial charge >= 0.3 is 0 Å². The molecule has 0 atom stereocenters. The van der Waals surface area contributed by atoms with E-state index in [-0.39, 0.29) is 5.91 Å². The summed E-state index contributed by atoms with van der Waals surface area (Å²) in [5, 5.41) is 0. The maximum absolute atomic E-state index is 12.2. The van der Waals surface area contributed by atoms with Gasteiger partial charge in [-0.1, -0.05) is 30.3 Å². The van der Waals surface area contributed by atoms with Crippen LogP contribution in [0.2, 0.25) is 0 Å². The van der Waals surface area contributed by atoms with Crippen molar-refractivity contribution in [3.05, 3.63) is 59.7 Å². The summed E-state index contributed by atoms with van der Waals surface area (Å²) >= 11 is 0. The largest absolute Gasteiger partial charge is 0.497 e. The molecule has 0 bridgehead atoms. The van der Waals surface area contributed by atoms with E-state index < -0.39 is 0 Å². The van der Waals surface area contributed by atoms with Gasteiger partial charge in [-0.25, -0.2) is 0 Å². The Morgan fingerprint density at radius 1 is 1.14 bits per heavy atom. The highest BCUT2D eigenvalue weighted by atomic mass is 16.5. The van der Waals surface area contributed by atoms with Crippen molar-refractivity contribution >= 4 is 11.6 Å². The first-order valence-electron chi connectivity index (χ1n) is 6.80. The molecule has 0 aromatic heterocycles. The van der Waals surface area contributed by atoms with Crippen molar-refractivity contribution in [3.63, 3.8) is 0 Å². The lowest BCUT2D eigenvalue weighted by Gasteiger charge is -2.18. The summed E-state index contributed by atoms with van der Waals surface area (Å²) < 4.78 is 5.10. The normalized spacial score (nSPS) is 10.2. The lowest BCUT2D eigenvalue weighted by molar-refractivity contribution is -0.129. The number of likely N-dealkylation sites (N-methyl/N-ethyl adjacent to an activating group) is 1. The first-order chi connectivity index (χ1) is 10.1. The van der Waals surface area contributed by atoms with Gasteiger partial charge in [0.05, 0.1) is 13.5 Å². The lowest BCUT2D eigenvalue weighted by Crippen LogP contribution is -2.28. The number of carbonyl (C=O) groups excluding carboxylic acids is 1. The number of rotatable bonds is 5. The number of amides is 1. The zero-order chi connectivity index (χ0) is 15.2. The number of nitrogens with two attached hydrogens (primary N) is 1. The molecular weight excluding hydrogens is 264 g/mol. The Kier molecular flexibility index (Phi) is 4.82. The molecular formula is C17H20N2O2. The Labute approximate surface area is 125 Å².